The minimum atomic E-state index is -4.94. The quantitative estimate of drug-likeness (QED) is 0.145. The zero-order valence-electron chi connectivity index (χ0n) is 20.9. The van der Waals surface area contributed by atoms with E-state index in [9.17, 15) is 23.9 Å². The number of aliphatic hydroxyl groups is 1. The van der Waals surface area contributed by atoms with Gasteiger partial charge < -0.3 is 40.7 Å². The Hall–Kier alpha value is -2.87. The highest BCUT2D eigenvalue weighted by molar-refractivity contribution is 7.47. The summed E-state index contributed by atoms with van der Waals surface area (Å²) in [5.41, 5.74) is 11.1. The number of ether oxygens (including phenoxy) is 2. The van der Waals surface area contributed by atoms with Crippen LogP contribution in [0.2, 0.25) is 0 Å². The molecule has 0 spiro atoms. The van der Waals surface area contributed by atoms with Crippen molar-refractivity contribution in [2.75, 3.05) is 24.7 Å². The Morgan fingerprint density at radius 1 is 1.05 bits per heavy atom. The largest absolute Gasteiger partial charge is 0.472 e. The number of aliphatic hydroxyl groups excluding tert-OH is 1. The summed E-state index contributed by atoms with van der Waals surface area (Å²) >= 11 is 0. The molecule has 0 bridgehead atoms. The van der Waals surface area contributed by atoms with E-state index in [1.807, 2.05) is 0 Å². The Balaban J connectivity index is 1.24. The van der Waals surface area contributed by atoms with Crippen molar-refractivity contribution in [1.29, 1.82) is 0 Å². The standard InChI is InChI=1S/C19H26N8O12P2/c20-13-1-2-26(19(29)25-13)14-4-11(12(38-14)6-35-40(30,31)32)39-41(33,34)36-5-9-3-10(28)18(37-9)27-8-24-15-16(21)22-7-23-17(15)27/h1-2,7-12,14,18,28H,3-6H2,(H,33,34)(H2,20,25,29)(H2,21,22,23)(H2,30,31,32)/t9-,10+,11-,12-,14+,18-/m0/s1. The van der Waals surface area contributed by atoms with Crippen LogP contribution in [0.1, 0.15) is 25.3 Å². The molecule has 3 aromatic heterocycles. The van der Waals surface area contributed by atoms with Crippen molar-refractivity contribution < 1.29 is 52.0 Å². The minimum absolute atomic E-state index is 0.0192. The summed E-state index contributed by atoms with van der Waals surface area (Å²) in [5, 5.41) is 10.6. The summed E-state index contributed by atoms with van der Waals surface area (Å²) in [6, 6.07) is 1.32. The van der Waals surface area contributed by atoms with Gasteiger partial charge in [-0.1, -0.05) is 0 Å². The molecular weight excluding hydrogens is 594 g/mol. The summed E-state index contributed by atoms with van der Waals surface area (Å²) in [7, 11) is -9.79. The van der Waals surface area contributed by atoms with Crippen LogP contribution in [0.25, 0.3) is 11.2 Å². The third-order valence-electron chi connectivity index (χ3n) is 6.27. The number of hydrogen-bond acceptors (Lipinski definition) is 15. The fraction of sp³-hybridized carbons (Fsp3) is 0.526. The van der Waals surface area contributed by atoms with Crippen molar-refractivity contribution in [3.63, 3.8) is 0 Å². The number of nitrogens with two attached hydrogens (primary N) is 2. The molecule has 2 aliphatic heterocycles. The number of hydrogen-bond donors (Lipinski definition) is 6. The number of phosphoric acid groups is 2. The van der Waals surface area contributed by atoms with Crippen LogP contribution in [0.3, 0.4) is 0 Å². The first kappa shape index (κ1) is 29.6. The summed E-state index contributed by atoms with van der Waals surface area (Å²) in [6.45, 7) is -1.22. The number of nitrogens with zero attached hydrogens (tertiary/aromatic N) is 6. The number of anilines is 2. The third-order valence-corrected chi connectivity index (χ3v) is 7.77. The molecule has 0 aromatic carbocycles. The van der Waals surface area contributed by atoms with E-state index in [0.717, 1.165) is 4.57 Å². The lowest BCUT2D eigenvalue weighted by Crippen LogP contribution is -2.29. The Morgan fingerprint density at radius 3 is 2.56 bits per heavy atom. The predicted molar refractivity (Wildman–Crippen MR) is 134 cm³/mol. The summed E-state index contributed by atoms with van der Waals surface area (Å²) < 4.78 is 52.8. The first-order valence-corrected chi connectivity index (χ1v) is 14.9. The fourth-order valence-corrected chi connectivity index (χ4v) is 5.79. The minimum Gasteiger partial charge on any atom is -0.388 e. The zero-order chi connectivity index (χ0) is 29.5. The van der Waals surface area contributed by atoms with Gasteiger partial charge in [0.15, 0.2) is 17.7 Å². The Labute approximate surface area is 229 Å². The molecule has 22 heteroatoms. The van der Waals surface area contributed by atoms with E-state index in [1.54, 1.807) is 0 Å². The maximum Gasteiger partial charge on any atom is 0.472 e. The summed E-state index contributed by atoms with van der Waals surface area (Å²) in [6.07, 6.45) is -2.88. The lowest BCUT2D eigenvalue weighted by molar-refractivity contribution is -0.0562. The zero-order valence-corrected chi connectivity index (χ0v) is 22.7. The van der Waals surface area contributed by atoms with Gasteiger partial charge in [-0.15, -0.1) is 0 Å². The average molecular weight is 620 g/mol. The molecule has 20 nitrogen and oxygen atoms in total. The van der Waals surface area contributed by atoms with Crippen LogP contribution in [-0.2, 0) is 32.2 Å². The molecule has 41 heavy (non-hydrogen) atoms. The summed E-state index contributed by atoms with van der Waals surface area (Å²) in [5.74, 6) is 0.0893. The SMILES string of the molecule is Nc1ccn([C@H]2C[C@H](OP(=O)(O)OC[C@@H]3C[C@@H](O)[C@@H](n4cnc5c(N)ncnc54)O3)[C@H](COP(=O)(O)O)O2)c(=O)n1. The Morgan fingerprint density at radius 2 is 1.83 bits per heavy atom. The van der Waals surface area contributed by atoms with E-state index < -0.39 is 71.4 Å². The second-order valence-corrected chi connectivity index (χ2v) is 11.8. The number of phosphoric ester groups is 2. The van der Waals surface area contributed by atoms with E-state index >= 15 is 0 Å². The number of rotatable bonds is 10. The first-order chi connectivity index (χ1) is 19.3. The third kappa shape index (κ3) is 6.79. The molecule has 2 aliphatic rings. The van der Waals surface area contributed by atoms with Crippen LogP contribution < -0.4 is 17.2 Å². The van der Waals surface area contributed by atoms with Crippen molar-refractivity contribution >= 4 is 38.4 Å². The second kappa shape index (κ2) is 11.4. The number of imidazole rings is 1. The number of nitrogen functional groups attached to an aromatic ring is 2. The molecule has 8 N–H and O–H groups in total. The van der Waals surface area contributed by atoms with E-state index in [2.05, 4.69) is 24.5 Å². The van der Waals surface area contributed by atoms with Crippen LogP contribution in [0.5, 0.6) is 0 Å². The van der Waals surface area contributed by atoms with Crippen molar-refractivity contribution in [3.8, 4) is 0 Å². The second-order valence-electron chi connectivity index (χ2n) is 9.14. The number of fused-ring (bicyclic) bond motifs is 1. The van der Waals surface area contributed by atoms with Crippen LogP contribution in [0, 0.1) is 0 Å². The van der Waals surface area contributed by atoms with Gasteiger partial charge in [0, 0.05) is 19.0 Å². The van der Waals surface area contributed by atoms with Gasteiger partial charge in [0.05, 0.1) is 25.6 Å². The smallest absolute Gasteiger partial charge is 0.388 e. The fourth-order valence-electron chi connectivity index (χ4n) is 4.47. The maximum atomic E-state index is 12.8. The van der Waals surface area contributed by atoms with Crippen LogP contribution in [-0.4, -0.2) is 86.5 Å². The highest BCUT2D eigenvalue weighted by Gasteiger charge is 2.44. The maximum absolute atomic E-state index is 12.8. The monoisotopic (exact) mass is 620 g/mol. The van der Waals surface area contributed by atoms with Gasteiger partial charge in [0.1, 0.15) is 42.2 Å². The molecule has 5 heterocycles. The predicted octanol–water partition coefficient (Wildman–Crippen LogP) is -1.20. The van der Waals surface area contributed by atoms with Gasteiger partial charge in [-0.2, -0.15) is 4.98 Å². The van der Waals surface area contributed by atoms with E-state index in [0.29, 0.717) is 11.2 Å². The van der Waals surface area contributed by atoms with E-state index in [4.69, 9.17) is 39.8 Å². The first-order valence-electron chi connectivity index (χ1n) is 11.9. The molecule has 2 fully saturated rings. The van der Waals surface area contributed by atoms with Crippen LogP contribution in [0.15, 0.2) is 29.7 Å². The normalized spacial score (nSPS) is 28.3. The molecule has 3 aromatic rings. The van der Waals surface area contributed by atoms with E-state index in [1.165, 1.54) is 29.5 Å². The molecule has 1 unspecified atom stereocenters. The molecule has 0 radical (unpaired) electrons. The van der Waals surface area contributed by atoms with Gasteiger partial charge in [-0.05, 0) is 6.07 Å². The van der Waals surface area contributed by atoms with Gasteiger partial charge in [0.2, 0.25) is 0 Å². The molecule has 224 valence electrons. The van der Waals surface area contributed by atoms with Gasteiger partial charge in [-0.25, -0.2) is 28.9 Å². The molecule has 0 saturated carbocycles. The van der Waals surface area contributed by atoms with Crippen molar-refractivity contribution in [3.05, 3.63) is 35.4 Å². The highest BCUT2D eigenvalue weighted by atomic mass is 31.2. The van der Waals surface area contributed by atoms with Gasteiger partial charge >= 0.3 is 21.3 Å². The van der Waals surface area contributed by atoms with Crippen LogP contribution >= 0.6 is 15.6 Å². The lowest BCUT2D eigenvalue weighted by atomic mass is 10.2. The van der Waals surface area contributed by atoms with E-state index in [-0.39, 0.29) is 24.5 Å². The average Bonchev–Trinajstić information content (AvgIpc) is 3.58. The van der Waals surface area contributed by atoms with Gasteiger partial charge in [-0.3, -0.25) is 22.7 Å². The van der Waals surface area contributed by atoms with Gasteiger partial charge in [0.25, 0.3) is 0 Å². The van der Waals surface area contributed by atoms with Crippen molar-refractivity contribution in [1.82, 2.24) is 29.1 Å². The molecule has 0 aliphatic carbocycles. The van der Waals surface area contributed by atoms with Crippen molar-refractivity contribution in [2.45, 2.75) is 49.7 Å². The molecule has 2 saturated heterocycles. The Bertz CT molecular complexity index is 1560. The summed E-state index contributed by atoms with van der Waals surface area (Å²) in [4.78, 5) is 56.5. The molecule has 0 amide bonds. The van der Waals surface area contributed by atoms with Crippen LogP contribution in [0.4, 0.5) is 11.6 Å². The topological polar surface area (TPSA) is 292 Å². The Kier molecular flexibility index (Phi) is 8.25. The molecule has 7 atom stereocenters. The highest BCUT2D eigenvalue weighted by Crippen LogP contribution is 2.49. The lowest BCUT2D eigenvalue weighted by Gasteiger charge is -2.22. The number of aromatic nitrogens is 6. The molecule has 5 rings (SSSR count). The molecular formula is C19H26N8O12P2. The van der Waals surface area contributed by atoms with Crippen molar-refractivity contribution in [2.24, 2.45) is 0 Å².